The number of pyridine rings is 1. The Morgan fingerprint density at radius 2 is 1.89 bits per heavy atom. The fourth-order valence-electron chi connectivity index (χ4n) is 1.71. The van der Waals surface area contributed by atoms with Gasteiger partial charge in [-0.25, -0.2) is 0 Å². The van der Waals surface area contributed by atoms with Crippen LogP contribution in [0, 0.1) is 18.3 Å². The minimum atomic E-state index is -0.303. The van der Waals surface area contributed by atoms with Crippen molar-refractivity contribution in [2.75, 3.05) is 7.11 Å². The normalized spacial score (nSPS) is 9.83. The highest BCUT2D eigenvalue weighted by atomic mass is 16.5. The highest BCUT2D eigenvalue weighted by Crippen LogP contribution is 2.14. The first-order valence-corrected chi connectivity index (χ1v) is 5.44. The summed E-state index contributed by atoms with van der Waals surface area (Å²) in [5, 5.41) is 8.97. The lowest BCUT2D eigenvalue weighted by Gasteiger charge is -2.08. The largest absolute Gasteiger partial charge is 0.497 e. The van der Waals surface area contributed by atoms with E-state index in [1.54, 1.807) is 50.6 Å². The summed E-state index contributed by atoms with van der Waals surface area (Å²) >= 11 is 0. The summed E-state index contributed by atoms with van der Waals surface area (Å²) < 4.78 is 6.51. The molecule has 0 spiro atoms. The minimum Gasteiger partial charge on any atom is -0.497 e. The Morgan fingerprint density at radius 3 is 2.44 bits per heavy atom. The van der Waals surface area contributed by atoms with E-state index in [-0.39, 0.29) is 11.1 Å². The Hall–Kier alpha value is -2.54. The number of benzene rings is 1. The maximum Gasteiger partial charge on any atom is 0.273 e. The molecule has 0 N–H and O–H groups in total. The lowest BCUT2D eigenvalue weighted by atomic mass is 10.1. The van der Waals surface area contributed by atoms with Crippen LogP contribution in [-0.4, -0.2) is 11.7 Å². The maximum atomic E-state index is 12.1. The first-order valence-electron chi connectivity index (χ1n) is 5.44. The molecule has 0 amide bonds. The lowest BCUT2D eigenvalue weighted by molar-refractivity contribution is 0.414. The molecule has 2 rings (SSSR count). The van der Waals surface area contributed by atoms with Gasteiger partial charge in [0.1, 0.15) is 17.4 Å². The summed E-state index contributed by atoms with van der Waals surface area (Å²) in [5.41, 5.74) is 1.26. The van der Waals surface area contributed by atoms with Crippen LogP contribution < -0.4 is 10.3 Å². The number of aromatic nitrogens is 1. The number of rotatable bonds is 2. The quantitative estimate of drug-likeness (QED) is 0.807. The fraction of sp³-hybridized carbons (Fsp3) is 0.143. The number of nitriles is 1. The Kier molecular flexibility index (Phi) is 3.16. The zero-order chi connectivity index (χ0) is 13.1. The second-order valence-corrected chi connectivity index (χ2v) is 3.86. The average molecular weight is 240 g/mol. The van der Waals surface area contributed by atoms with Gasteiger partial charge in [-0.2, -0.15) is 5.26 Å². The predicted molar refractivity (Wildman–Crippen MR) is 68.0 cm³/mol. The molecule has 18 heavy (non-hydrogen) atoms. The van der Waals surface area contributed by atoms with Crippen LogP contribution in [0.3, 0.4) is 0 Å². The summed E-state index contributed by atoms with van der Waals surface area (Å²) in [6.45, 7) is 1.75. The van der Waals surface area contributed by atoms with Gasteiger partial charge in [-0.15, -0.1) is 0 Å². The zero-order valence-corrected chi connectivity index (χ0v) is 10.2. The first-order chi connectivity index (χ1) is 8.67. The van der Waals surface area contributed by atoms with E-state index in [0.29, 0.717) is 11.3 Å². The molecule has 2 aromatic rings. The van der Waals surface area contributed by atoms with Crippen molar-refractivity contribution in [1.29, 1.82) is 5.26 Å². The van der Waals surface area contributed by atoms with Crippen molar-refractivity contribution in [1.82, 2.24) is 4.57 Å². The summed E-state index contributed by atoms with van der Waals surface area (Å²) in [5.74, 6) is 0.722. The summed E-state index contributed by atoms with van der Waals surface area (Å²) in [6.07, 6.45) is 1.67. The number of nitrogens with zero attached hydrogens (tertiary/aromatic N) is 2. The topological polar surface area (TPSA) is 55.0 Å². The molecule has 0 fully saturated rings. The number of hydrogen-bond donors (Lipinski definition) is 0. The van der Waals surface area contributed by atoms with Crippen LogP contribution in [0.5, 0.6) is 5.75 Å². The third-order valence-corrected chi connectivity index (χ3v) is 2.76. The average Bonchev–Trinajstić information content (AvgIpc) is 2.40. The fourth-order valence-corrected chi connectivity index (χ4v) is 1.71. The van der Waals surface area contributed by atoms with Crippen molar-refractivity contribution >= 4 is 0 Å². The smallest absolute Gasteiger partial charge is 0.273 e. The van der Waals surface area contributed by atoms with Crippen molar-refractivity contribution < 1.29 is 4.74 Å². The number of hydrogen-bond acceptors (Lipinski definition) is 3. The highest BCUT2D eigenvalue weighted by Gasteiger charge is 2.07. The van der Waals surface area contributed by atoms with Gasteiger partial charge in [0.25, 0.3) is 5.56 Å². The van der Waals surface area contributed by atoms with Gasteiger partial charge in [-0.1, -0.05) is 0 Å². The SMILES string of the molecule is COc1ccc(-n2ccc(C)c(C#N)c2=O)cc1. The Morgan fingerprint density at radius 1 is 1.22 bits per heavy atom. The van der Waals surface area contributed by atoms with Crippen LogP contribution in [0.4, 0.5) is 0 Å². The molecule has 0 bridgehead atoms. The maximum absolute atomic E-state index is 12.1. The Balaban J connectivity index is 2.58. The van der Waals surface area contributed by atoms with Crippen molar-refractivity contribution in [3.8, 4) is 17.5 Å². The molecule has 1 aromatic carbocycles. The monoisotopic (exact) mass is 240 g/mol. The van der Waals surface area contributed by atoms with Crippen molar-refractivity contribution in [2.24, 2.45) is 0 Å². The molecule has 0 atom stereocenters. The van der Waals surface area contributed by atoms with Gasteiger partial charge in [-0.3, -0.25) is 9.36 Å². The van der Waals surface area contributed by atoms with Crippen LogP contribution >= 0.6 is 0 Å². The summed E-state index contributed by atoms with van der Waals surface area (Å²) in [6, 6.07) is 10.8. The molecule has 90 valence electrons. The van der Waals surface area contributed by atoms with Gasteiger partial charge < -0.3 is 4.74 Å². The van der Waals surface area contributed by atoms with E-state index in [0.717, 1.165) is 5.75 Å². The van der Waals surface area contributed by atoms with E-state index in [2.05, 4.69) is 0 Å². The molecule has 0 saturated carbocycles. The van der Waals surface area contributed by atoms with Crippen molar-refractivity contribution in [3.63, 3.8) is 0 Å². The van der Waals surface area contributed by atoms with Crippen LogP contribution in [-0.2, 0) is 0 Å². The summed E-state index contributed by atoms with van der Waals surface area (Å²) in [4.78, 5) is 12.1. The van der Waals surface area contributed by atoms with Crippen molar-refractivity contribution in [3.05, 3.63) is 58.0 Å². The van der Waals surface area contributed by atoms with Crippen LogP contribution in [0.2, 0.25) is 0 Å². The molecular weight excluding hydrogens is 228 g/mol. The third kappa shape index (κ3) is 1.98. The molecule has 0 saturated heterocycles. The summed E-state index contributed by atoms with van der Waals surface area (Å²) in [7, 11) is 1.58. The predicted octanol–water partition coefficient (Wildman–Crippen LogP) is 2.03. The van der Waals surface area contributed by atoms with Crippen LogP contribution in [0.15, 0.2) is 41.3 Å². The molecule has 0 aliphatic rings. The molecule has 0 aliphatic carbocycles. The second kappa shape index (κ2) is 4.76. The van der Waals surface area contributed by atoms with E-state index >= 15 is 0 Å². The van der Waals surface area contributed by atoms with Gasteiger partial charge in [-0.05, 0) is 42.8 Å². The molecular formula is C14H12N2O2. The van der Waals surface area contributed by atoms with Crippen LogP contribution in [0.25, 0.3) is 5.69 Å². The molecule has 1 aromatic heterocycles. The van der Waals surface area contributed by atoms with E-state index in [9.17, 15) is 4.79 Å². The number of ether oxygens (including phenoxy) is 1. The molecule has 0 unspecified atom stereocenters. The van der Waals surface area contributed by atoms with E-state index in [1.165, 1.54) is 4.57 Å². The molecule has 0 aliphatic heterocycles. The Bertz CT molecular complexity index is 664. The standard InChI is InChI=1S/C14H12N2O2/c1-10-7-8-16(14(17)13(10)9-15)11-3-5-12(18-2)6-4-11/h3-8H,1-2H3. The molecule has 4 nitrogen and oxygen atoms in total. The zero-order valence-electron chi connectivity index (χ0n) is 10.2. The van der Waals surface area contributed by atoms with E-state index in [4.69, 9.17) is 10.00 Å². The van der Waals surface area contributed by atoms with Gasteiger partial charge >= 0.3 is 0 Å². The lowest BCUT2D eigenvalue weighted by Crippen LogP contribution is -2.21. The highest BCUT2D eigenvalue weighted by molar-refractivity contribution is 5.41. The molecule has 0 radical (unpaired) electrons. The minimum absolute atomic E-state index is 0.174. The van der Waals surface area contributed by atoms with E-state index in [1.807, 2.05) is 6.07 Å². The van der Waals surface area contributed by atoms with E-state index < -0.39 is 0 Å². The second-order valence-electron chi connectivity index (χ2n) is 3.86. The van der Waals surface area contributed by atoms with Gasteiger partial charge in [0.15, 0.2) is 0 Å². The first kappa shape index (κ1) is 11.9. The Labute approximate surface area is 105 Å². The molecule has 4 heteroatoms. The van der Waals surface area contributed by atoms with Gasteiger partial charge in [0.05, 0.1) is 7.11 Å². The van der Waals surface area contributed by atoms with Crippen molar-refractivity contribution in [2.45, 2.75) is 6.92 Å². The third-order valence-electron chi connectivity index (χ3n) is 2.76. The molecule has 1 heterocycles. The number of aryl methyl sites for hydroxylation is 1. The van der Waals surface area contributed by atoms with Crippen LogP contribution in [0.1, 0.15) is 11.1 Å². The van der Waals surface area contributed by atoms with Gasteiger partial charge in [0, 0.05) is 11.9 Å². The van der Waals surface area contributed by atoms with Gasteiger partial charge in [0.2, 0.25) is 0 Å². The number of methoxy groups -OCH3 is 1.